The summed E-state index contributed by atoms with van der Waals surface area (Å²) in [6.07, 6.45) is 1.42. The largest absolute Gasteiger partial charge is 0.478 e. The molecule has 1 aromatic carbocycles. The molecule has 1 rings (SSSR count). The monoisotopic (exact) mass is 336 g/mol. The van der Waals surface area contributed by atoms with Crippen LogP contribution in [0.1, 0.15) is 44.0 Å². The Balaban J connectivity index is 2.72. The highest BCUT2D eigenvalue weighted by Crippen LogP contribution is 2.17. The fourth-order valence-corrected chi connectivity index (χ4v) is 2.31. The van der Waals surface area contributed by atoms with Gasteiger partial charge in [0.25, 0.3) is 0 Å². The second kappa shape index (κ2) is 10.6. The third-order valence-corrected chi connectivity index (χ3v) is 3.91. The minimum absolute atomic E-state index is 0.198. The zero-order chi connectivity index (χ0) is 17.9. The van der Waals surface area contributed by atoms with E-state index in [0.717, 1.165) is 25.9 Å². The number of hydrogen-bond donors (Lipinski definition) is 1. The number of anilines is 1. The first-order valence-electron chi connectivity index (χ1n) is 8.53. The van der Waals surface area contributed by atoms with Crippen molar-refractivity contribution in [3.05, 3.63) is 29.8 Å². The molecule has 6 nitrogen and oxygen atoms in total. The van der Waals surface area contributed by atoms with E-state index in [1.54, 1.807) is 17.0 Å². The van der Waals surface area contributed by atoms with Gasteiger partial charge in [0.15, 0.2) is 0 Å². The number of carbonyl (C=O) groups excluding carboxylic acids is 1. The lowest BCUT2D eigenvalue weighted by molar-refractivity contribution is 0.0697. The van der Waals surface area contributed by atoms with Gasteiger partial charge in [-0.2, -0.15) is 0 Å². The molecule has 0 bridgehead atoms. The van der Waals surface area contributed by atoms with Crippen LogP contribution < -0.4 is 4.90 Å². The SMILES string of the molecule is CCCCN(C(=O)OCCN(CC)CC)c1ccc(C(=O)O)cc1. The molecule has 0 spiro atoms. The predicted octanol–water partition coefficient (Wildman–Crippen LogP) is 3.47. The van der Waals surface area contributed by atoms with Gasteiger partial charge in [-0.25, -0.2) is 9.59 Å². The first-order chi connectivity index (χ1) is 11.5. The Kier molecular flexibility index (Phi) is 8.86. The van der Waals surface area contributed by atoms with E-state index in [-0.39, 0.29) is 5.56 Å². The quantitative estimate of drug-likeness (QED) is 0.708. The fraction of sp³-hybridized carbons (Fsp3) is 0.556. The lowest BCUT2D eigenvalue weighted by atomic mass is 10.2. The van der Waals surface area contributed by atoms with Gasteiger partial charge in [0, 0.05) is 18.8 Å². The van der Waals surface area contributed by atoms with E-state index in [1.807, 2.05) is 0 Å². The number of unbranched alkanes of at least 4 members (excludes halogenated alkanes) is 1. The van der Waals surface area contributed by atoms with E-state index in [9.17, 15) is 9.59 Å². The van der Waals surface area contributed by atoms with Gasteiger partial charge in [-0.15, -0.1) is 0 Å². The molecule has 1 N–H and O–H groups in total. The topological polar surface area (TPSA) is 70.1 Å². The molecule has 0 aromatic heterocycles. The minimum atomic E-state index is -0.983. The summed E-state index contributed by atoms with van der Waals surface area (Å²) in [4.78, 5) is 27.1. The van der Waals surface area contributed by atoms with Gasteiger partial charge in [0.1, 0.15) is 6.61 Å². The Morgan fingerprint density at radius 1 is 1.04 bits per heavy atom. The van der Waals surface area contributed by atoms with Crippen LogP contribution >= 0.6 is 0 Å². The molecular weight excluding hydrogens is 308 g/mol. The van der Waals surface area contributed by atoms with Crippen LogP contribution in [0.25, 0.3) is 0 Å². The maximum Gasteiger partial charge on any atom is 0.414 e. The molecule has 1 amide bonds. The summed E-state index contributed by atoms with van der Waals surface area (Å²) < 4.78 is 5.40. The van der Waals surface area contributed by atoms with Crippen molar-refractivity contribution in [3.8, 4) is 0 Å². The molecule has 0 aliphatic rings. The number of carbonyl (C=O) groups is 2. The second-order valence-electron chi connectivity index (χ2n) is 5.50. The summed E-state index contributed by atoms with van der Waals surface area (Å²) >= 11 is 0. The van der Waals surface area contributed by atoms with E-state index in [0.29, 0.717) is 25.4 Å². The van der Waals surface area contributed by atoms with E-state index in [1.165, 1.54) is 12.1 Å². The van der Waals surface area contributed by atoms with Crippen LogP contribution in [0.3, 0.4) is 0 Å². The fourth-order valence-electron chi connectivity index (χ4n) is 2.31. The first-order valence-corrected chi connectivity index (χ1v) is 8.53. The van der Waals surface area contributed by atoms with Crippen LogP contribution in [-0.2, 0) is 4.74 Å². The zero-order valence-corrected chi connectivity index (χ0v) is 14.8. The van der Waals surface area contributed by atoms with E-state index < -0.39 is 12.1 Å². The molecule has 6 heteroatoms. The molecule has 0 aliphatic carbocycles. The van der Waals surface area contributed by atoms with Crippen molar-refractivity contribution in [1.82, 2.24) is 4.90 Å². The molecule has 24 heavy (non-hydrogen) atoms. The van der Waals surface area contributed by atoms with Crippen LogP contribution in [-0.4, -0.2) is 54.9 Å². The van der Waals surface area contributed by atoms with Crippen molar-refractivity contribution in [3.63, 3.8) is 0 Å². The molecule has 0 heterocycles. The number of carboxylic acid groups (broad SMARTS) is 1. The van der Waals surface area contributed by atoms with Crippen molar-refractivity contribution in [2.24, 2.45) is 0 Å². The van der Waals surface area contributed by atoms with Crippen LogP contribution in [0, 0.1) is 0 Å². The van der Waals surface area contributed by atoms with Crippen LogP contribution in [0.5, 0.6) is 0 Å². The molecule has 0 saturated heterocycles. The highest BCUT2D eigenvalue weighted by atomic mass is 16.6. The highest BCUT2D eigenvalue weighted by molar-refractivity contribution is 5.90. The Hall–Kier alpha value is -2.08. The average Bonchev–Trinajstić information content (AvgIpc) is 2.59. The Bertz CT molecular complexity index is 512. The summed E-state index contributed by atoms with van der Waals surface area (Å²) in [6.45, 7) is 9.64. The van der Waals surface area contributed by atoms with Crippen LogP contribution in [0.15, 0.2) is 24.3 Å². The van der Waals surface area contributed by atoms with Gasteiger partial charge in [0.2, 0.25) is 0 Å². The molecular formula is C18H28N2O4. The smallest absolute Gasteiger partial charge is 0.414 e. The number of nitrogens with zero attached hydrogens (tertiary/aromatic N) is 2. The van der Waals surface area contributed by atoms with Gasteiger partial charge < -0.3 is 14.7 Å². The summed E-state index contributed by atoms with van der Waals surface area (Å²) in [5.41, 5.74) is 0.852. The Labute approximate surface area is 144 Å². The van der Waals surface area contributed by atoms with Gasteiger partial charge >= 0.3 is 12.1 Å². The first kappa shape index (κ1) is 20.0. The molecule has 0 atom stereocenters. The molecule has 0 saturated carbocycles. The van der Waals surface area contributed by atoms with Gasteiger partial charge in [-0.3, -0.25) is 4.90 Å². The van der Waals surface area contributed by atoms with Crippen molar-refractivity contribution < 1.29 is 19.4 Å². The van der Waals surface area contributed by atoms with Crippen molar-refractivity contribution in [2.75, 3.05) is 37.7 Å². The Morgan fingerprint density at radius 2 is 1.67 bits per heavy atom. The van der Waals surface area contributed by atoms with E-state index in [4.69, 9.17) is 9.84 Å². The molecule has 0 unspecified atom stereocenters. The summed E-state index contributed by atoms with van der Waals surface area (Å²) in [6, 6.07) is 6.29. The maximum atomic E-state index is 12.4. The van der Waals surface area contributed by atoms with Crippen molar-refractivity contribution in [2.45, 2.75) is 33.6 Å². The van der Waals surface area contributed by atoms with Crippen LogP contribution in [0.2, 0.25) is 0 Å². The number of amides is 1. The number of aromatic carboxylic acids is 1. The summed E-state index contributed by atoms with van der Waals surface area (Å²) in [5.74, 6) is -0.983. The third kappa shape index (κ3) is 6.20. The number of rotatable bonds is 10. The molecule has 0 fully saturated rings. The molecule has 134 valence electrons. The standard InChI is InChI=1S/C18H28N2O4/c1-4-7-12-20(16-10-8-15(9-11-16)17(21)22)18(23)24-14-13-19(5-2)6-3/h8-11H,4-7,12-14H2,1-3H3,(H,21,22). The van der Waals surface area contributed by atoms with E-state index >= 15 is 0 Å². The lowest BCUT2D eigenvalue weighted by Crippen LogP contribution is -2.35. The summed E-state index contributed by atoms with van der Waals surface area (Å²) in [5, 5.41) is 8.97. The zero-order valence-electron chi connectivity index (χ0n) is 14.8. The Morgan fingerprint density at radius 3 is 2.17 bits per heavy atom. The molecule has 1 aromatic rings. The number of carboxylic acids is 1. The second-order valence-corrected chi connectivity index (χ2v) is 5.50. The molecule has 0 aliphatic heterocycles. The normalized spacial score (nSPS) is 10.7. The highest BCUT2D eigenvalue weighted by Gasteiger charge is 2.17. The van der Waals surface area contributed by atoms with Crippen molar-refractivity contribution >= 4 is 17.7 Å². The van der Waals surface area contributed by atoms with E-state index in [2.05, 4.69) is 25.7 Å². The lowest BCUT2D eigenvalue weighted by Gasteiger charge is -2.23. The molecule has 0 radical (unpaired) electrons. The number of ether oxygens (including phenoxy) is 1. The summed E-state index contributed by atoms with van der Waals surface area (Å²) in [7, 11) is 0. The van der Waals surface area contributed by atoms with Gasteiger partial charge in [0.05, 0.1) is 5.56 Å². The van der Waals surface area contributed by atoms with Crippen molar-refractivity contribution in [1.29, 1.82) is 0 Å². The maximum absolute atomic E-state index is 12.4. The predicted molar refractivity (Wildman–Crippen MR) is 94.8 cm³/mol. The van der Waals surface area contributed by atoms with Crippen LogP contribution in [0.4, 0.5) is 10.5 Å². The van der Waals surface area contributed by atoms with Gasteiger partial charge in [-0.05, 0) is 43.8 Å². The number of likely N-dealkylation sites (N-methyl/N-ethyl adjacent to an activating group) is 1. The average molecular weight is 336 g/mol. The minimum Gasteiger partial charge on any atom is -0.478 e. The number of hydrogen-bond acceptors (Lipinski definition) is 4. The van der Waals surface area contributed by atoms with Gasteiger partial charge in [-0.1, -0.05) is 27.2 Å². The number of benzene rings is 1. The third-order valence-electron chi connectivity index (χ3n) is 3.91.